The third kappa shape index (κ3) is 5.38. The minimum Gasteiger partial charge on any atom is -0.390 e. The standard InChI is InChI=1S/C20H26ClF2N5O4S/c21-19-25-17-4-5-28(33(30,31)27-6-8-32-9-7-27)12-16(17)18(26-19)24-11-14-2-1-3-15(10-14)20(22,23)13-29/h1-3,10,29-31H,4-9,11-13H2,(H,24,25,26). The Kier molecular flexibility index (Phi) is 7.36. The topological polar surface area (TPSA) is 114 Å². The van der Waals surface area contributed by atoms with Gasteiger partial charge in [0.2, 0.25) is 5.28 Å². The number of aromatic nitrogens is 2. The molecular weight excluding hydrogens is 480 g/mol. The van der Waals surface area contributed by atoms with Crippen LogP contribution in [0.5, 0.6) is 0 Å². The molecule has 33 heavy (non-hydrogen) atoms. The molecule has 3 heterocycles. The van der Waals surface area contributed by atoms with Gasteiger partial charge in [-0.3, -0.25) is 9.11 Å². The highest BCUT2D eigenvalue weighted by Crippen LogP contribution is 2.49. The summed E-state index contributed by atoms with van der Waals surface area (Å²) in [5.74, 6) is -2.92. The highest BCUT2D eigenvalue weighted by molar-refractivity contribution is 8.20. The van der Waals surface area contributed by atoms with Gasteiger partial charge in [0.1, 0.15) is 12.4 Å². The lowest BCUT2D eigenvalue weighted by atomic mass is 10.1. The minimum atomic E-state index is -3.33. The maximum Gasteiger partial charge on any atom is 0.295 e. The zero-order valence-electron chi connectivity index (χ0n) is 17.8. The van der Waals surface area contributed by atoms with Crippen molar-refractivity contribution in [3.8, 4) is 0 Å². The molecule has 0 saturated carbocycles. The highest BCUT2D eigenvalue weighted by atomic mass is 35.5. The molecule has 2 aliphatic rings. The molecule has 13 heteroatoms. The lowest BCUT2D eigenvalue weighted by Gasteiger charge is -2.51. The van der Waals surface area contributed by atoms with Crippen LogP contribution in [0.15, 0.2) is 24.3 Å². The van der Waals surface area contributed by atoms with Crippen LogP contribution in [-0.4, -0.2) is 72.2 Å². The maximum absolute atomic E-state index is 13.8. The van der Waals surface area contributed by atoms with Gasteiger partial charge in [-0.25, -0.2) is 9.97 Å². The third-order valence-electron chi connectivity index (χ3n) is 5.67. The van der Waals surface area contributed by atoms with Crippen LogP contribution in [0.3, 0.4) is 0 Å². The van der Waals surface area contributed by atoms with Crippen LogP contribution in [0.2, 0.25) is 5.28 Å². The van der Waals surface area contributed by atoms with Gasteiger partial charge in [0, 0.05) is 50.3 Å². The van der Waals surface area contributed by atoms with E-state index >= 15 is 0 Å². The summed E-state index contributed by atoms with van der Waals surface area (Å²) in [6, 6.07) is 5.76. The van der Waals surface area contributed by atoms with E-state index in [0.29, 0.717) is 61.9 Å². The Morgan fingerprint density at radius 3 is 2.64 bits per heavy atom. The van der Waals surface area contributed by atoms with Gasteiger partial charge in [-0.1, -0.05) is 29.2 Å². The van der Waals surface area contributed by atoms with Crippen molar-refractivity contribution in [2.24, 2.45) is 0 Å². The molecule has 0 atom stereocenters. The molecule has 182 valence electrons. The first-order valence-corrected chi connectivity index (χ1v) is 12.3. The van der Waals surface area contributed by atoms with Gasteiger partial charge in [0.15, 0.2) is 0 Å². The largest absolute Gasteiger partial charge is 0.390 e. The monoisotopic (exact) mass is 505 g/mol. The van der Waals surface area contributed by atoms with Crippen molar-refractivity contribution in [1.29, 1.82) is 0 Å². The van der Waals surface area contributed by atoms with E-state index < -0.39 is 23.5 Å². The average Bonchev–Trinajstić information content (AvgIpc) is 2.83. The second kappa shape index (κ2) is 9.92. The fraction of sp³-hybridized carbons (Fsp3) is 0.500. The van der Waals surface area contributed by atoms with Crippen molar-refractivity contribution in [2.45, 2.75) is 25.4 Å². The molecule has 0 aliphatic carbocycles. The molecule has 9 nitrogen and oxygen atoms in total. The van der Waals surface area contributed by atoms with E-state index in [1.165, 1.54) is 18.2 Å². The third-order valence-corrected chi connectivity index (χ3v) is 7.90. The SMILES string of the molecule is OCC(F)(F)c1cccc(CNc2nc(Cl)nc3c2CN(S(O)(O)N2CCOCC2)CC3)c1. The van der Waals surface area contributed by atoms with Crippen LogP contribution in [0.1, 0.15) is 22.4 Å². The molecule has 2 aromatic rings. The van der Waals surface area contributed by atoms with Gasteiger partial charge in [-0.05, 0) is 23.2 Å². The van der Waals surface area contributed by atoms with Gasteiger partial charge in [-0.15, -0.1) is 0 Å². The number of benzene rings is 1. The number of hydrogen-bond donors (Lipinski definition) is 4. The summed E-state index contributed by atoms with van der Waals surface area (Å²) in [6.45, 7) is 1.18. The van der Waals surface area contributed by atoms with Gasteiger partial charge >= 0.3 is 0 Å². The zero-order valence-corrected chi connectivity index (χ0v) is 19.3. The van der Waals surface area contributed by atoms with E-state index in [1.54, 1.807) is 14.7 Å². The predicted molar refractivity (Wildman–Crippen MR) is 121 cm³/mol. The van der Waals surface area contributed by atoms with E-state index in [4.69, 9.17) is 21.4 Å². The smallest absolute Gasteiger partial charge is 0.295 e. The molecule has 2 aliphatic heterocycles. The van der Waals surface area contributed by atoms with Crippen molar-refractivity contribution in [2.75, 3.05) is 44.8 Å². The number of nitrogens with one attached hydrogen (secondary N) is 1. The average molecular weight is 506 g/mol. The molecule has 1 saturated heterocycles. The number of aliphatic hydroxyl groups is 1. The van der Waals surface area contributed by atoms with Crippen molar-refractivity contribution in [3.05, 3.63) is 51.9 Å². The normalized spacial score (nSPS) is 18.7. The van der Waals surface area contributed by atoms with Gasteiger partial charge in [0.25, 0.3) is 5.92 Å². The molecule has 1 aromatic heterocycles. The van der Waals surface area contributed by atoms with E-state index in [9.17, 15) is 17.9 Å². The summed E-state index contributed by atoms with van der Waals surface area (Å²) >= 11 is 6.10. The number of nitrogens with zero attached hydrogens (tertiary/aromatic N) is 4. The first-order chi connectivity index (χ1) is 15.7. The van der Waals surface area contributed by atoms with Crippen LogP contribution in [-0.2, 0) is 30.2 Å². The Labute approximate surface area is 197 Å². The molecule has 0 spiro atoms. The number of ether oxygens (including phenoxy) is 1. The summed E-state index contributed by atoms with van der Waals surface area (Å²) in [5, 5.41) is 12.1. The molecule has 1 aromatic carbocycles. The maximum atomic E-state index is 13.8. The van der Waals surface area contributed by atoms with E-state index in [0.717, 1.165) is 0 Å². The van der Waals surface area contributed by atoms with E-state index in [-0.39, 0.29) is 23.9 Å². The summed E-state index contributed by atoms with van der Waals surface area (Å²) in [4.78, 5) is 8.55. The second-order valence-corrected chi connectivity index (χ2v) is 10.2. The minimum absolute atomic E-state index is 0.0463. The summed E-state index contributed by atoms with van der Waals surface area (Å²) in [5.41, 5.74) is 1.66. The van der Waals surface area contributed by atoms with E-state index in [1.807, 2.05) is 0 Å². The number of hydrogen-bond acceptors (Lipinski definition) is 9. The Morgan fingerprint density at radius 2 is 1.91 bits per heavy atom. The number of morpholine rings is 1. The number of halogens is 3. The van der Waals surface area contributed by atoms with Gasteiger partial charge in [-0.2, -0.15) is 17.4 Å². The number of rotatable bonds is 7. The molecular formula is C20H26ClF2N5O4S. The van der Waals surface area contributed by atoms with Crippen molar-refractivity contribution < 1.29 is 27.7 Å². The van der Waals surface area contributed by atoms with Gasteiger partial charge < -0.3 is 15.2 Å². The van der Waals surface area contributed by atoms with Crippen molar-refractivity contribution in [3.63, 3.8) is 0 Å². The lowest BCUT2D eigenvalue weighted by molar-refractivity contribution is -0.0556. The Morgan fingerprint density at radius 1 is 1.15 bits per heavy atom. The number of alkyl halides is 2. The van der Waals surface area contributed by atoms with Crippen molar-refractivity contribution >= 4 is 28.4 Å². The molecule has 1 fully saturated rings. The molecule has 4 N–H and O–H groups in total. The fourth-order valence-electron chi connectivity index (χ4n) is 3.86. The molecule has 4 rings (SSSR count). The van der Waals surface area contributed by atoms with Crippen LogP contribution < -0.4 is 5.32 Å². The Bertz CT molecular complexity index is 997. The predicted octanol–water partition coefficient (Wildman–Crippen LogP) is 3.10. The van der Waals surface area contributed by atoms with Crippen LogP contribution in [0, 0.1) is 0 Å². The fourth-order valence-corrected chi connectivity index (χ4v) is 5.65. The van der Waals surface area contributed by atoms with Crippen molar-refractivity contribution in [1.82, 2.24) is 18.6 Å². The Balaban J connectivity index is 1.53. The number of aliphatic hydroxyl groups excluding tert-OH is 1. The number of anilines is 1. The summed E-state index contributed by atoms with van der Waals surface area (Å²) in [7, 11) is -3.18. The summed E-state index contributed by atoms with van der Waals surface area (Å²) in [6.07, 6.45) is 0.449. The Hall–Kier alpha value is -1.64. The molecule has 0 bridgehead atoms. The van der Waals surface area contributed by atoms with Gasteiger partial charge in [0.05, 0.1) is 18.9 Å². The van der Waals surface area contributed by atoms with E-state index in [2.05, 4.69) is 15.3 Å². The highest BCUT2D eigenvalue weighted by Gasteiger charge is 2.35. The first kappa shape index (κ1) is 24.5. The lowest BCUT2D eigenvalue weighted by Crippen LogP contribution is -2.46. The molecule has 0 radical (unpaired) electrons. The zero-order chi connectivity index (χ0) is 23.6. The van der Waals surface area contributed by atoms with Crippen LogP contribution in [0.25, 0.3) is 0 Å². The quantitative estimate of drug-likeness (QED) is 0.421. The van der Waals surface area contributed by atoms with Crippen LogP contribution in [0.4, 0.5) is 14.6 Å². The number of fused-ring (bicyclic) bond motifs is 1. The molecule has 0 unspecified atom stereocenters. The molecule has 0 amide bonds. The summed E-state index contributed by atoms with van der Waals surface area (Å²) < 4.78 is 58.1. The first-order valence-electron chi connectivity index (χ1n) is 10.4. The van der Waals surface area contributed by atoms with Crippen LogP contribution >= 0.6 is 22.6 Å². The second-order valence-electron chi connectivity index (χ2n) is 7.83.